The van der Waals surface area contributed by atoms with Crippen molar-refractivity contribution in [2.24, 2.45) is 0 Å². The summed E-state index contributed by atoms with van der Waals surface area (Å²) in [5.41, 5.74) is 3.71. The van der Waals surface area contributed by atoms with Crippen LogP contribution < -0.4 is 14.8 Å². The molecule has 2 heterocycles. The average molecular weight is 437 g/mol. The Hall–Kier alpha value is -3.32. The first kappa shape index (κ1) is 20.9. The van der Waals surface area contributed by atoms with Gasteiger partial charge in [-0.2, -0.15) is 0 Å². The highest BCUT2D eigenvalue weighted by molar-refractivity contribution is 7.10. The molecular weight excluding hydrogens is 412 g/mol. The van der Waals surface area contributed by atoms with E-state index < -0.39 is 11.8 Å². The maximum atomic E-state index is 13.2. The molecular formula is C24H24N2O4S. The predicted octanol–water partition coefficient (Wildman–Crippen LogP) is 4.19. The van der Waals surface area contributed by atoms with E-state index >= 15 is 0 Å². The van der Waals surface area contributed by atoms with Crippen LogP contribution in [-0.2, 0) is 16.0 Å². The van der Waals surface area contributed by atoms with Gasteiger partial charge in [0, 0.05) is 17.1 Å². The highest BCUT2D eigenvalue weighted by atomic mass is 32.1. The molecule has 7 heteroatoms. The summed E-state index contributed by atoms with van der Waals surface area (Å²) in [6, 6.07) is 14.8. The highest BCUT2D eigenvalue weighted by Gasteiger charge is 2.36. The molecule has 0 radical (unpaired) electrons. The molecule has 0 unspecified atom stereocenters. The summed E-state index contributed by atoms with van der Waals surface area (Å²) >= 11 is 1.56. The van der Waals surface area contributed by atoms with Gasteiger partial charge < -0.3 is 19.7 Å². The molecule has 160 valence electrons. The number of carbonyl (C=O) groups is 2. The Bertz CT molecular complexity index is 1090. The Balaban J connectivity index is 1.68. The number of hydrogen-bond acceptors (Lipinski definition) is 5. The summed E-state index contributed by atoms with van der Waals surface area (Å²) < 4.78 is 10.9. The molecule has 0 fully saturated rings. The lowest BCUT2D eigenvalue weighted by Crippen LogP contribution is -2.45. The molecule has 1 aliphatic rings. The van der Waals surface area contributed by atoms with E-state index in [0.717, 1.165) is 21.6 Å². The lowest BCUT2D eigenvalue weighted by atomic mass is 9.90. The van der Waals surface area contributed by atoms with Crippen LogP contribution in [0.5, 0.6) is 11.5 Å². The van der Waals surface area contributed by atoms with Crippen molar-refractivity contribution in [3.63, 3.8) is 0 Å². The number of aryl methyl sites for hydroxylation is 1. The summed E-state index contributed by atoms with van der Waals surface area (Å²) in [6.07, 6.45) is 0.626. The average Bonchev–Trinajstić information content (AvgIpc) is 3.32. The fourth-order valence-corrected chi connectivity index (χ4v) is 4.72. The van der Waals surface area contributed by atoms with Crippen LogP contribution in [0.4, 0.5) is 5.69 Å². The van der Waals surface area contributed by atoms with E-state index in [1.807, 2.05) is 48.7 Å². The smallest absolute Gasteiger partial charge is 0.313 e. The number of methoxy groups -OCH3 is 2. The molecule has 4 rings (SSSR count). The summed E-state index contributed by atoms with van der Waals surface area (Å²) in [4.78, 5) is 28.7. The number of carbonyl (C=O) groups excluding carboxylic acids is 2. The fourth-order valence-electron chi connectivity index (χ4n) is 3.87. The maximum absolute atomic E-state index is 13.2. The second kappa shape index (κ2) is 8.81. The zero-order chi connectivity index (χ0) is 22.0. The predicted molar refractivity (Wildman–Crippen MR) is 121 cm³/mol. The monoisotopic (exact) mass is 436 g/mol. The van der Waals surface area contributed by atoms with Gasteiger partial charge in [0.25, 0.3) is 0 Å². The van der Waals surface area contributed by atoms with E-state index in [4.69, 9.17) is 9.47 Å². The van der Waals surface area contributed by atoms with Crippen LogP contribution >= 0.6 is 11.3 Å². The first-order valence-corrected chi connectivity index (χ1v) is 10.9. The van der Waals surface area contributed by atoms with Crippen molar-refractivity contribution in [2.45, 2.75) is 19.4 Å². The van der Waals surface area contributed by atoms with Gasteiger partial charge in [-0.25, -0.2) is 0 Å². The Labute approximate surface area is 185 Å². The summed E-state index contributed by atoms with van der Waals surface area (Å²) in [5, 5.41) is 4.70. The Morgan fingerprint density at radius 1 is 1.06 bits per heavy atom. The van der Waals surface area contributed by atoms with E-state index in [0.29, 0.717) is 30.2 Å². The number of amides is 2. The van der Waals surface area contributed by atoms with Gasteiger partial charge in [0.1, 0.15) is 0 Å². The van der Waals surface area contributed by atoms with Crippen molar-refractivity contribution < 1.29 is 19.1 Å². The Morgan fingerprint density at radius 2 is 1.77 bits per heavy atom. The van der Waals surface area contributed by atoms with Crippen molar-refractivity contribution >= 4 is 28.8 Å². The summed E-state index contributed by atoms with van der Waals surface area (Å²) in [6.45, 7) is 2.40. The number of ether oxygens (including phenoxy) is 2. The zero-order valence-corrected chi connectivity index (χ0v) is 18.5. The minimum absolute atomic E-state index is 0.361. The number of hydrogen-bond donors (Lipinski definition) is 1. The van der Waals surface area contributed by atoms with E-state index in [9.17, 15) is 9.59 Å². The standard InChI is InChI=1S/C24H24N2O4S/c1-15-6-8-17(9-7-15)25-23(27)24(28)26-11-10-16-13-19(29-2)20(30-3)14-18(16)22(26)21-5-4-12-31-21/h4-9,12-14,22H,10-11H2,1-3H3,(H,25,27)/t22-/m0/s1. The molecule has 0 bridgehead atoms. The van der Waals surface area contributed by atoms with Crippen molar-refractivity contribution in [2.75, 3.05) is 26.1 Å². The number of fused-ring (bicyclic) bond motifs is 1. The molecule has 6 nitrogen and oxygen atoms in total. The van der Waals surface area contributed by atoms with Crippen molar-refractivity contribution in [1.29, 1.82) is 0 Å². The summed E-state index contributed by atoms with van der Waals surface area (Å²) in [5.74, 6) is 0.0537. The van der Waals surface area contributed by atoms with E-state index in [-0.39, 0.29) is 6.04 Å². The van der Waals surface area contributed by atoms with Crippen LogP contribution in [0, 0.1) is 6.92 Å². The van der Waals surface area contributed by atoms with Gasteiger partial charge in [0.2, 0.25) is 0 Å². The third kappa shape index (κ3) is 4.14. The van der Waals surface area contributed by atoms with Crippen molar-refractivity contribution in [3.05, 3.63) is 75.5 Å². The highest BCUT2D eigenvalue weighted by Crippen LogP contribution is 2.42. The molecule has 3 aromatic rings. The zero-order valence-electron chi connectivity index (χ0n) is 17.7. The van der Waals surface area contributed by atoms with Gasteiger partial charge in [-0.15, -0.1) is 11.3 Å². The van der Waals surface area contributed by atoms with Gasteiger partial charge in [0.05, 0.1) is 20.3 Å². The first-order valence-electron chi connectivity index (χ1n) is 9.98. The van der Waals surface area contributed by atoms with Crippen LogP contribution in [0.15, 0.2) is 53.9 Å². The van der Waals surface area contributed by atoms with Crippen LogP contribution in [0.2, 0.25) is 0 Å². The number of benzene rings is 2. The largest absolute Gasteiger partial charge is 0.493 e. The van der Waals surface area contributed by atoms with Crippen LogP contribution in [-0.4, -0.2) is 37.5 Å². The van der Waals surface area contributed by atoms with Gasteiger partial charge in [0.15, 0.2) is 11.5 Å². The van der Waals surface area contributed by atoms with E-state index in [1.165, 1.54) is 0 Å². The molecule has 2 aromatic carbocycles. The molecule has 31 heavy (non-hydrogen) atoms. The van der Waals surface area contributed by atoms with E-state index in [1.54, 1.807) is 42.6 Å². The number of rotatable bonds is 4. The van der Waals surface area contributed by atoms with E-state index in [2.05, 4.69) is 5.32 Å². The molecule has 0 saturated heterocycles. The molecule has 0 aliphatic carbocycles. The fraction of sp³-hybridized carbons (Fsp3) is 0.250. The van der Waals surface area contributed by atoms with Crippen LogP contribution in [0.1, 0.15) is 27.6 Å². The third-order valence-corrected chi connectivity index (χ3v) is 6.38. The van der Waals surface area contributed by atoms with Crippen molar-refractivity contribution in [1.82, 2.24) is 4.90 Å². The molecule has 0 saturated carbocycles. The van der Waals surface area contributed by atoms with Gasteiger partial charge >= 0.3 is 11.8 Å². The second-order valence-electron chi connectivity index (χ2n) is 7.39. The molecule has 1 N–H and O–H groups in total. The SMILES string of the molecule is COc1cc2c(cc1OC)[C@@H](c1cccs1)N(C(=O)C(=O)Nc1ccc(C)cc1)CC2. The molecule has 2 amide bonds. The minimum atomic E-state index is -0.644. The molecule has 0 spiro atoms. The number of nitrogens with zero attached hydrogens (tertiary/aromatic N) is 1. The Kier molecular flexibility index (Phi) is 5.95. The van der Waals surface area contributed by atoms with Crippen LogP contribution in [0.3, 0.4) is 0 Å². The summed E-state index contributed by atoms with van der Waals surface area (Å²) in [7, 11) is 3.19. The number of anilines is 1. The quantitative estimate of drug-likeness (QED) is 0.623. The lowest BCUT2D eigenvalue weighted by Gasteiger charge is -2.37. The first-order chi connectivity index (χ1) is 15.0. The third-order valence-electron chi connectivity index (χ3n) is 5.45. The van der Waals surface area contributed by atoms with Crippen molar-refractivity contribution in [3.8, 4) is 11.5 Å². The molecule has 1 aliphatic heterocycles. The topological polar surface area (TPSA) is 67.9 Å². The minimum Gasteiger partial charge on any atom is -0.493 e. The lowest BCUT2D eigenvalue weighted by molar-refractivity contribution is -0.144. The Morgan fingerprint density at radius 3 is 2.42 bits per heavy atom. The number of nitrogens with one attached hydrogen (secondary N) is 1. The van der Waals surface area contributed by atoms with Gasteiger partial charge in [-0.05, 0) is 60.2 Å². The van der Waals surface area contributed by atoms with Gasteiger partial charge in [-0.3, -0.25) is 9.59 Å². The maximum Gasteiger partial charge on any atom is 0.313 e. The van der Waals surface area contributed by atoms with Gasteiger partial charge in [-0.1, -0.05) is 23.8 Å². The normalized spacial score (nSPS) is 15.2. The number of thiophene rings is 1. The molecule has 1 aromatic heterocycles. The second-order valence-corrected chi connectivity index (χ2v) is 8.37. The van der Waals surface area contributed by atoms with Crippen LogP contribution in [0.25, 0.3) is 0 Å². The molecule has 1 atom stereocenters.